The molecule has 3 rings (SSSR count). The van der Waals surface area contributed by atoms with Crippen LogP contribution in [0, 0.1) is 6.92 Å². The summed E-state index contributed by atoms with van der Waals surface area (Å²) in [7, 11) is 3.86. The first-order valence-electron chi connectivity index (χ1n) is 9.96. The Hall–Kier alpha value is -2.78. The van der Waals surface area contributed by atoms with Gasteiger partial charge in [-0.15, -0.1) is 0 Å². The normalized spacial score (nSPS) is 11.2. The van der Waals surface area contributed by atoms with Crippen LogP contribution in [0.25, 0.3) is 11.0 Å². The summed E-state index contributed by atoms with van der Waals surface area (Å²) in [5.74, 6) is 2.04. The number of anilines is 3. The third kappa shape index (κ3) is 4.99. The van der Waals surface area contributed by atoms with Gasteiger partial charge in [-0.3, -0.25) is 4.68 Å². The van der Waals surface area contributed by atoms with E-state index < -0.39 is 0 Å². The molecule has 9 nitrogen and oxygen atoms in total. The van der Waals surface area contributed by atoms with Gasteiger partial charge >= 0.3 is 0 Å². The van der Waals surface area contributed by atoms with E-state index in [1.165, 1.54) is 0 Å². The molecule has 0 bridgehead atoms. The number of hydrogen-bond acceptors (Lipinski definition) is 8. The molecule has 0 aromatic carbocycles. The van der Waals surface area contributed by atoms with E-state index in [1.807, 2.05) is 49.7 Å². The van der Waals surface area contributed by atoms with Crippen LogP contribution in [-0.4, -0.2) is 58.6 Å². The van der Waals surface area contributed by atoms with Crippen LogP contribution in [0.3, 0.4) is 0 Å². The first-order valence-corrected chi connectivity index (χ1v) is 9.96. The molecular formula is C20H30N8O. The van der Waals surface area contributed by atoms with Crippen molar-refractivity contribution in [2.45, 2.75) is 33.9 Å². The van der Waals surface area contributed by atoms with Crippen molar-refractivity contribution < 1.29 is 4.74 Å². The van der Waals surface area contributed by atoms with Gasteiger partial charge in [-0.25, -0.2) is 9.97 Å². The molecule has 0 aliphatic rings. The number of hydrogen-bond donors (Lipinski definition) is 2. The van der Waals surface area contributed by atoms with Crippen molar-refractivity contribution in [3.8, 4) is 0 Å². The molecule has 29 heavy (non-hydrogen) atoms. The predicted octanol–water partition coefficient (Wildman–Crippen LogP) is 2.49. The second kappa shape index (κ2) is 9.62. The number of fused-ring (bicyclic) bond motifs is 1. The zero-order valence-corrected chi connectivity index (χ0v) is 17.9. The molecule has 0 unspecified atom stereocenters. The summed E-state index contributed by atoms with van der Waals surface area (Å²) < 4.78 is 7.48. The number of aryl methyl sites for hydroxylation is 1. The van der Waals surface area contributed by atoms with E-state index in [1.54, 1.807) is 6.20 Å². The minimum atomic E-state index is 0.575. The van der Waals surface area contributed by atoms with E-state index in [4.69, 9.17) is 19.8 Å². The summed E-state index contributed by atoms with van der Waals surface area (Å²) >= 11 is 0. The van der Waals surface area contributed by atoms with E-state index in [0.29, 0.717) is 38.1 Å². The summed E-state index contributed by atoms with van der Waals surface area (Å²) in [6.45, 7) is 9.46. The van der Waals surface area contributed by atoms with Crippen LogP contribution in [0.15, 0.2) is 18.3 Å². The number of aromatic nitrogens is 5. The molecule has 3 heterocycles. The van der Waals surface area contributed by atoms with Crippen LogP contribution in [0.1, 0.15) is 25.1 Å². The van der Waals surface area contributed by atoms with Gasteiger partial charge in [0, 0.05) is 33.4 Å². The average Bonchev–Trinajstić information content (AvgIpc) is 3.04. The maximum Gasteiger partial charge on any atom is 0.227 e. The van der Waals surface area contributed by atoms with Gasteiger partial charge in [-0.2, -0.15) is 10.1 Å². The minimum absolute atomic E-state index is 0.575. The zero-order chi connectivity index (χ0) is 20.8. The second-order valence-corrected chi connectivity index (χ2v) is 6.95. The Morgan fingerprint density at radius 2 is 2.03 bits per heavy atom. The number of nitrogens with one attached hydrogen (secondary N) is 2. The molecule has 2 N–H and O–H groups in total. The van der Waals surface area contributed by atoms with Crippen LogP contribution < -0.4 is 15.5 Å². The van der Waals surface area contributed by atoms with E-state index in [0.717, 1.165) is 34.7 Å². The summed E-state index contributed by atoms with van der Waals surface area (Å²) in [6.07, 6.45) is 1.78. The molecule has 0 aliphatic carbocycles. The summed E-state index contributed by atoms with van der Waals surface area (Å²) in [5.41, 5.74) is 3.70. The van der Waals surface area contributed by atoms with Gasteiger partial charge in [0.15, 0.2) is 5.82 Å². The lowest BCUT2D eigenvalue weighted by molar-refractivity contribution is 0.137. The van der Waals surface area contributed by atoms with Gasteiger partial charge in [0.25, 0.3) is 0 Å². The van der Waals surface area contributed by atoms with Gasteiger partial charge in [-0.1, -0.05) is 6.92 Å². The Balaban J connectivity index is 2.13. The minimum Gasteiger partial charge on any atom is -0.380 e. The van der Waals surface area contributed by atoms with Crippen molar-refractivity contribution in [3.63, 3.8) is 0 Å². The Morgan fingerprint density at radius 3 is 2.72 bits per heavy atom. The Labute approximate surface area is 171 Å². The molecule has 156 valence electrons. The number of nitrogens with zero attached hydrogens (tertiary/aromatic N) is 6. The molecular weight excluding hydrogens is 368 g/mol. The topological polar surface area (TPSA) is 93.0 Å². The highest BCUT2D eigenvalue weighted by atomic mass is 16.5. The van der Waals surface area contributed by atoms with Crippen molar-refractivity contribution in [2.75, 3.05) is 44.1 Å². The fourth-order valence-electron chi connectivity index (χ4n) is 2.96. The quantitative estimate of drug-likeness (QED) is 0.503. The molecule has 0 amide bonds. The molecule has 3 aromatic rings. The lowest BCUT2D eigenvalue weighted by atomic mass is 10.3. The summed E-state index contributed by atoms with van der Waals surface area (Å²) in [6, 6.07) is 3.95. The van der Waals surface area contributed by atoms with Crippen molar-refractivity contribution in [2.24, 2.45) is 0 Å². The van der Waals surface area contributed by atoms with Gasteiger partial charge < -0.3 is 20.3 Å². The Bertz CT molecular complexity index is 953. The SMILES string of the molecule is CCNCc1nn(CCOCC)c2c(Nc3cc(C)ccn3)nc(N(C)C)nc12. The standard InChI is InChI=1S/C20H30N8O/c1-6-21-13-15-17-18(28(26-15)10-11-29-7-2)19(25-20(24-17)27(4)5)23-16-12-14(3)8-9-22-16/h8-9,12,21H,6-7,10-11,13H2,1-5H3,(H,22,23,24,25). The number of pyridine rings is 1. The van der Waals surface area contributed by atoms with Crippen LogP contribution in [0.5, 0.6) is 0 Å². The first kappa shape index (κ1) is 20.9. The van der Waals surface area contributed by atoms with Crippen LogP contribution >= 0.6 is 0 Å². The predicted molar refractivity (Wildman–Crippen MR) is 116 cm³/mol. The fourth-order valence-corrected chi connectivity index (χ4v) is 2.96. The first-order chi connectivity index (χ1) is 14.0. The zero-order valence-electron chi connectivity index (χ0n) is 17.9. The van der Waals surface area contributed by atoms with Crippen LogP contribution in [-0.2, 0) is 17.8 Å². The van der Waals surface area contributed by atoms with Crippen molar-refractivity contribution in [1.82, 2.24) is 30.0 Å². The molecule has 0 fully saturated rings. The molecule has 0 spiro atoms. The molecule has 9 heteroatoms. The molecule has 0 radical (unpaired) electrons. The third-order valence-electron chi connectivity index (χ3n) is 4.40. The fraction of sp³-hybridized carbons (Fsp3) is 0.500. The highest BCUT2D eigenvalue weighted by Gasteiger charge is 2.20. The van der Waals surface area contributed by atoms with E-state index >= 15 is 0 Å². The highest BCUT2D eigenvalue weighted by molar-refractivity contribution is 5.90. The largest absolute Gasteiger partial charge is 0.380 e. The van der Waals surface area contributed by atoms with Crippen molar-refractivity contribution in [1.29, 1.82) is 0 Å². The van der Waals surface area contributed by atoms with Gasteiger partial charge in [0.2, 0.25) is 5.95 Å². The van der Waals surface area contributed by atoms with Crippen LogP contribution in [0.4, 0.5) is 17.6 Å². The summed E-state index contributed by atoms with van der Waals surface area (Å²) in [5, 5.41) is 11.5. The van der Waals surface area contributed by atoms with E-state index in [9.17, 15) is 0 Å². The third-order valence-corrected chi connectivity index (χ3v) is 4.40. The Morgan fingerprint density at radius 1 is 1.21 bits per heavy atom. The molecule has 0 atom stereocenters. The van der Waals surface area contributed by atoms with Crippen LogP contribution in [0.2, 0.25) is 0 Å². The van der Waals surface area contributed by atoms with Crippen molar-refractivity contribution >= 4 is 28.6 Å². The molecule has 0 aliphatic heterocycles. The molecule has 0 saturated heterocycles. The average molecular weight is 399 g/mol. The second-order valence-electron chi connectivity index (χ2n) is 6.95. The maximum atomic E-state index is 5.55. The van der Waals surface area contributed by atoms with E-state index in [2.05, 4.69) is 22.5 Å². The number of rotatable bonds is 10. The molecule has 3 aromatic heterocycles. The van der Waals surface area contributed by atoms with E-state index in [-0.39, 0.29) is 0 Å². The lowest BCUT2D eigenvalue weighted by Gasteiger charge is -2.14. The highest BCUT2D eigenvalue weighted by Crippen LogP contribution is 2.28. The smallest absolute Gasteiger partial charge is 0.227 e. The van der Waals surface area contributed by atoms with Gasteiger partial charge in [0.05, 0.1) is 13.2 Å². The van der Waals surface area contributed by atoms with Gasteiger partial charge in [-0.05, 0) is 38.1 Å². The number of ether oxygens (including phenoxy) is 1. The van der Waals surface area contributed by atoms with Gasteiger partial charge in [0.1, 0.15) is 22.5 Å². The lowest BCUT2D eigenvalue weighted by Crippen LogP contribution is -2.15. The van der Waals surface area contributed by atoms with Crippen molar-refractivity contribution in [3.05, 3.63) is 29.6 Å². The Kier molecular flexibility index (Phi) is 6.95. The summed E-state index contributed by atoms with van der Waals surface area (Å²) in [4.78, 5) is 15.9. The maximum absolute atomic E-state index is 5.55. The molecule has 0 saturated carbocycles. The monoisotopic (exact) mass is 398 g/mol.